The molecule has 0 radical (unpaired) electrons. The molecule has 16 heavy (non-hydrogen) atoms. The molecule has 2 rings (SSSR count). The molecule has 0 unspecified atom stereocenters. The summed E-state index contributed by atoms with van der Waals surface area (Å²) in [4.78, 5) is 7.91. The first-order valence-corrected chi connectivity index (χ1v) is 5.01. The molecule has 82 valence electrons. The average molecular weight is 238 g/mol. The van der Waals surface area contributed by atoms with Gasteiger partial charge in [-0.1, -0.05) is 11.6 Å². The number of nitrogen functional groups attached to an aromatic ring is 1. The van der Waals surface area contributed by atoms with Crippen molar-refractivity contribution in [2.45, 2.75) is 6.92 Å². The van der Waals surface area contributed by atoms with Crippen LogP contribution in [0.2, 0.25) is 5.02 Å². The normalized spacial score (nSPS) is 10.4. The number of nitrogens with zero attached hydrogens (tertiary/aromatic N) is 2. The highest BCUT2D eigenvalue weighted by atomic mass is 35.5. The third-order valence-corrected chi connectivity index (χ3v) is 2.40. The van der Waals surface area contributed by atoms with Gasteiger partial charge in [0.1, 0.15) is 0 Å². The third-order valence-electron chi connectivity index (χ3n) is 2.14. The summed E-state index contributed by atoms with van der Waals surface area (Å²) in [5.74, 6) is -0.316. The first-order valence-electron chi connectivity index (χ1n) is 4.63. The zero-order valence-electron chi connectivity index (χ0n) is 8.54. The van der Waals surface area contributed by atoms with Crippen molar-refractivity contribution in [2.24, 2.45) is 0 Å². The molecule has 1 heterocycles. The molecule has 2 N–H and O–H groups in total. The van der Waals surface area contributed by atoms with Gasteiger partial charge in [0.05, 0.1) is 5.69 Å². The van der Waals surface area contributed by atoms with Crippen LogP contribution in [0.4, 0.5) is 10.2 Å². The summed E-state index contributed by atoms with van der Waals surface area (Å²) in [5, 5.41) is 0.621. The van der Waals surface area contributed by atoms with Crippen molar-refractivity contribution in [1.82, 2.24) is 9.97 Å². The standard InChI is InChI=1S/C11H9ClFN3/c1-6-9(13)10(14)16-11(15-6)7-2-4-8(12)5-3-7/h2-5H,1H3,(H2,14,15,16). The quantitative estimate of drug-likeness (QED) is 0.830. The number of aryl methyl sites for hydroxylation is 1. The Balaban J connectivity index is 2.52. The molecule has 0 spiro atoms. The third kappa shape index (κ3) is 1.97. The van der Waals surface area contributed by atoms with Crippen LogP contribution in [0.3, 0.4) is 0 Å². The number of anilines is 1. The van der Waals surface area contributed by atoms with Gasteiger partial charge >= 0.3 is 0 Å². The first kappa shape index (κ1) is 10.8. The smallest absolute Gasteiger partial charge is 0.186 e. The van der Waals surface area contributed by atoms with Gasteiger partial charge in [0.25, 0.3) is 0 Å². The number of hydrogen-bond donors (Lipinski definition) is 1. The summed E-state index contributed by atoms with van der Waals surface area (Å²) >= 11 is 5.76. The lowest BCUT2D eigenvalue weighted by Gasteiger charge is -2.04. The fourth-order valence-electron chi connectivity index (χ4n) is 1.31. The van der Waals surface area contributed by atoms with E-state index in [9.17, 15) is 4.39 Å². The molecular weight excluding hydrogens is 229 g/mol. The van der Waals surface area contributed by atoms with E-state index in [4.69, 9.17) is 17.3 Å². The van der Waals surface area contributed by atoms with Crippen LogP contribution in [0.1, 0.15) is 5.69 Å². The molecule has 0 aliphatic carbocycles. The van der Waals surface area contributed by atoms with Crippen molar-refractivity contribution < 1.29 is 4.39 Å². The van der Waals surface area contributed by atoms with Gasteiger partial charge in [-0.05, 0) is 31.2 Å². The van der Waals surface area contributed by atoms with Gasteiger partial charge in [-0.3, -0.25) is 0 Å². The highest BCUT2D eigenvalue weighted by Crippen LogP contribution is 2.20. The molecule has 0 saturated heterocycles. The Labute approximate surface area is 97.1 Å². The minimum atomic E-state index is -0.572. The predicted octanol–water partition coefficient (Wildman–Crippen LogP) is 2.83. The summed E-state index contributed by atoms with van der Waals surface area (Å²) in [7, 11) is 0. The fraction of sp³-hybridized carbons (Fsp3) is 0.0909. The fourth-order valence-corrected chi connectivity index (χ4v) is 1.44. The Bertz CT molecular complexity index is 502. The maximum atomic E-state index is 13.2. The molecule has 0 aliphatic rings. The van der Waals surface area contributed by atoms with E-state index in [2.05, 4.69) is 9.97 Å². The van der Waals surface area contributed by atoms with E-state index in [-0.39, 0.29) is 11.5 Å². The van der Waals surface area contributed by atoms with Crippen LogP contribution in [0, 0.1) is 12.7 Å². The highest BCUT2D eigenvalue weighted by Gasteiger charge is 2.09. The van der Waals surface area contributed by atoms with E-state index < -0.39 is 5.82 Å². The van der Waals surface area contributed by atoms with Crippen LogP contribution < -0.4 is 5.73 Å². The lowest BCUT2D eigenvalue weighted by molar-refractivity contribution is 0.608. The minimum Gasteiger partial charge on any atom is -0.381 e. The van der Waals surface area contributed by atoms with E-state index in [1.807, 2.05) is 0 Å². The summed E-state index contributed by atoms with van der Waals surface area (Å²) in [5.41, 5.74) is 6.42. The number of hydrogen-bond acceptors (Lipinski definition) is 3. The second kappa shape index (κ2) is 4.06. The molecule has 0 saturated carbocycles. The first-order chi connectivity index (χ1) is 7.58. The SMILES string of the molecule is Cc1nc(-c2ccc(Cl)cc2)nc(N)c1F. The Kier molecular flexibility index (Phi) is 2.75. The number of rotatable bonds is 1. The monoisotopic (exact) mass is 237 g/mol. The number of nitrogens with two attached hydrogens (primary N) is 1. The van der Waals surface area contributed by atoms with Crippen molar-refractivity contribution in [3.8, 4) is 11.4 Å². The maximum Gasteiger partial charge on any atom is 0.186 e. The van der Waals surface area contributed by atoms with Gasteiger partial charge in [0, 0.05) is 10.6 Å². The molecule has 1 aromatic carbocycles. The summed E-state index contributed by atoms with van der Waals surface area (Å²) in [6.45, 7) is 1.55. The topological polar surface area (TPSA) is 51.8 Å². The van der Waals surface area contributed by atoms with Gasteiger partial charge < -0.3 is 5.73 Å². The summed E-state index contributed by atoms with van der Waals surface area (Å²) in [6.07, 6.45) is 0. The van der Waals surface area contributed by atoms with Crippen molar-refractivity contribution in [3.05, 3.63) is 40.8 Å². The van der Waals surface area contributed by atoms with Gasteiger partial charge in [-0.25, -0.2) is 14.4 Å². The van der Waals surface area contributed by atoms with Gasteiger partial charge in [0.15, 0.2) is 17.5 Å². The second-order valence-electron chi connectivity index (χ2n) is 3.34. The van der Waals surface area contributed by atoms with Gasteiger partial charge in [-0.15, -0.1) is 0 Å². The zero-order chi connectivity index (χ0) is 11.7. The lowest BCUT2D eigenvalue weighted by atomic mass is 10.2. The highest BCUT2D eigenvalue weighted by molar-refractivity contribution is 6.30. The predicted molar refractivity (Wildman–Crippen MR) is 61.6 cm³/mol. The second-order valence-corrected chi connectivity index (χ2v) is 3.78. The van der Waals surface area contributed by atoms with Gasteiger partial charge in [0.2, 0.25) is 0 Å². The Morgan fingerprint density at radius 2 is 1.81 bits per heavy atom. The maximum absolute atomic E-state index is 13.2. The van der Waals surface area contributed by atoms with Crippen LogP contribution >= 0.6 is 11.6 Å². The van der Waals surface area contributed by atoms with Crippen LogP contribution in [0.25, 0.3) is 11.4 Å². The minimum absolute atomic E-state index is 0.141. The Hall–Kier alpha value is -1.68. The number of halogens is 2. The molecule has 0 atom stereocenters. The average Bonchev–Trinajstić information content (AvgIpc) is 2.26. The van der Waals surface area contributed by atoms with Crippen molar-refractivity contribution in [1.29, 1.82) is 0 Å². The Morgan fingerprint density at radius 1 is 1.19 bits per heavy atom. The van der Waals surface area contributed by atoms with Crippen molar-refractivity contribution in [2.75, 3.05) is 5.73 Å². The number of aromatic nitrogens is 2. The molecule has 2 aromatic rings. The van der Waals surface area contributed by atoms with E-state index in [0.717, 1.165) is 5.56 Å². The zero-order valence-corrected chi connectivity index (χ0v) is 9.29. The molecule has 0 fully saturated rings. The molecule has 5 heteroatoms. The van der Waals surface area contributed by atoms with Crippen LogP contribution in [-0.2, 0) is 0 Å². The van der Waals surface area contributed by atoms with E-state index >= 15 is 0 Å². The molecular formula is C11H9ClFN3. The summed E-state index contributed by atoms with van der Waals surface area (Å²) < 4.78 is 13.2. The van der Waals surface area contributed by atoms with Crippen LogP contribution in [0.5, 0.6) is 0 Å². The van der Waals surface area contributed by atoms with Gasteiger partial charge in [-0.2, -0.15) is 0 Å². The molecule has 0 amide bonds. The van der Waals surface area contributed by atoms with Crippen LogP contribution in [-0.4, -0.2) is 9.97 Å². The van der Waals surface area contributed by atoms with E-state index in [0.29, 0.717) is 10.8 Å². The summed E-state index contributed by atoms with van der Waals surface area (Å²) in [6, 6.07) is 6.95. The van der Waals surface area contributed by atoms with E-state index in [1.54, 1.807) is 31.2 Å². The molecule has 1 aromatic heterocycles. The number of benzene rings is 1. The Morgan fingerprint density at radius 3 is 2.38 bits per heavy atom. The molecule has 3 nitrogen and oxygen atoms in total. The molecule has 0 aliphatic heterocycles. The van der Waals surface area contributed by atoms with Crippen LogP contribution in [0.15, 0.2) is 24.3 Å². The largest absolute Gasteiger partial charge is 0.381 e. The lowest BCUT2D eigenvalue weighted by Crippen LogP contribution is -2.02. The van der Waals surface area contributed by atoms with E-state index in [1.165, 1.54) is 0 Å². The molecule has 0 bridgehead atoms. The van der Waals surface area contributed by atoms with Crippen molar-refractivity contribution in [3.63, 3.8) is 0 Å². The van der Waals surface area contributed by atoms with Crippen molar-refractivity contribution >= 4 is 17.4 Å².